The number of nitrogens with zero attached hydrogens (tertiary/aromatic N) is 2. The van der Waals surface area contributed by atoms with Crippen LogP contribution in [0.5, 0.6) is 0 Å². The first-order valence-electron chi connectivity index (χ1n) is 9.39. The minimum absolute atomic E-state index is 0.0521. The van der Waals surface area contributed by atoms with Crippen molar-refractivity contribution in [3.8, 4) is 6.07 Å². The van der Waals surface area contributed by atoms with Crippen LogP contribution in [0.4, 0.5) is 4.39 Å². The lowest BCUT2D eigenvalue weighted by Gasteiger charge is -2.05. The fourth-order valence-corrected chi connectivity index (χ4v) is 3.93. The lowest BCUT2D eigenvalue weighted by molar-refractivity contribution is -0.117. The number of hydrogen-bond donors (Lipinski definition) is 1. The van der Waals surface area contributed by atoms with Crippen molar-refractivity contribution in [1.82, 2.24) is 9.88 Å². The molecule has 0 spiro atoms. The summed E-state index contributed by atoms with van der Waals surface area (Å²) in [4.78, 5) is 13.5. The number of fused-ring (bicyclic) bond motifs is 1. The SMILES string of the molecule is N#CC(=Cc1cn(Cc2ccc(F)cc2)c2ccccc12)C(=O)NCc1cccs1. The summed E-state index contributed by atoms with van der Waals surface area (Å²) in [5, 5.41) is 15.2. The molecule has 0 atom stereocenters. The molecule has 4 aromatic rings. The van der Waals surface area contributed by atoms with Gasteiger partial charge in [-0.05, 0) is 41.3 Å². The number of carbonyl (C=O) groups is 1. The van der Waals surface area contributed by atoms with E-state index < -0.39 is 5.91 Å². The molecule has 2 aromatic carbocycles. The van der Waals surface area contributed by atoms with E-state index in [0.29, 0.717) is 13.1 Å². The first kappa shape index (κ1) is 19.6. The third kappa shape index (κ3) is 4.32. The van der Waals surface area contributed by atoms with Gasteiger partial charge in [-0.2, -0.15) is 5.26 Å². The normalized spacial score (nSPS) is 11.4. The lowest BCUT2D eigenvalue weighted by Crippen LogP contribution is -2.23. The van der Waals surface area contributed by atoms with E-state index in [-0.39, 0.29) is 11.4 Å². The van der Waals surface area contributed by atoms with Crippen molar-refractivity contribution in [3.63, 3.8) is 0 Å². The van der Waals surface area contributed by atoms with Gasteiger partial charge in [0, 0.05) is 34.1 Å². The zero-order valence-electron chi connectivity index (χ0n) is 16.0. The first-order chi connectivity index (χ1) is 14.6. The van der Waals surface area contributed by atoms with E-state index in [9.17, 15) is 14.4 Å². The summed E-state index contributed by atoms with van der Waals surface area (Å²) in [7, 11) is 0. The van der Waals surface area contributed by atoms with Crippen molar-refractivity contribution in [2.45, 2.75) is 13.1 Å². The van der Waals surface area contributed by atoms with E-state index in [1.165, 1.54) is 12.1 Å². The minimum atomic E-state index is -0.402. The van der Waals surface area contributed by atoms with Crippen LogP contribution in [0.3, 0.4) is 0 Å². The first-order valence-corrected chi connectivity index (χ1v) is 10.3. The number of halogens is 1. The van der Waals surface area contributed by atoms with Gasteiger partial charge in [0.1, 0.15) is 17.5 Å². The smallest absolute Gasteiger partial charge is 0.262 e. The van der Waals surface area contributed by atoms with Gasteiger partial charge in [-0.25, -0.2) is 4.39 Å². The van der Waals surface area contributed by atoms with Crippen molar-refractivity contribution in [2.75, 3.05) is 0 Å². The minimum Gasteiger partial charge on any atom is -0.347 e. The van der Waals surface area contributed by atoms with Crippen LogP contribution >= 0.6 is 11.3 Å². The second-order valence-corrected chi connectivity index (χ2v) is 7.82. The van der Waals surface area contributed by atoms with Crippen LogP contribution in [0.25, 0.3) is 17.0 Å². The number of carbonyl (C=O) groups excluding carboxylic acids is 1. The Morgan fingerprint density at radius 2 is 1.93 bits per heavy atom. The summed E-state index contributed by atoms with van der Waals surface area (Å²) in [5.41, 5.74) is 2.78. The molecule has 4 rings (SSSR count). The number of nitrogens with one attached hydrogen (secondary N) is 1. The van der Waals surface area contributed by atoms with Gasteiger partial charge in [0.15, 0.2) is 0 Å². The predicted octanol–water partition coefficient (Wildman–Crippen LogP) is 5.11. The van der Waals surface area contributed by atoms with Gasteiger partial charge in [-0.1, -0.05) is 36.4 Å². The highest BCUT2D eigenvalue weighted by Crippen LogP contribution is 2.25. The molecule has 0 saturated carbocycles. The molecule has 0 radical (unpaired) electrons. The van der Waals surface area contributed by atoms with Crippen molar-refractivity contribution in [1.29, 1.82) is 5.26 Å². The molecule has 6 heteroatoms. The van der Waals surface area contributed by atoms with E-state index >= 15 is 0 Å². The predicted molar refractivity (Wildman–Crippen MR) is 117 cm³/mol. The Morgan fingerprint density at radius 1 is 1.13 bits per heavy atom. The second kappa shape index (κ2) is 8.76. The lowest BCUT2D eigenvalue weighted by atomic mass is 10.1. The molecule has 2 aromatic heterocycles. The van der Waals surface area contributed by atoms with E-state index in [2.05, 4.69) is 5.32 Å². The summed E-state index contributed by atoms with van der Waals surface area (Å²) in [6, 6.07) is 20.0. The number of rotatable bonds is 6. The van der Waals surface area contributed by atoms with Crippen LogP contribution in [0.15, 0.2) is 77.8 Å². The second-order valence-electron chi connectivity index (χ2n) is 6.79. The molecule has 0 fully saturated rings. The molecule has 148 valence electrons. The Balaban J connectivity index is 1.63. The fourth-order valence-electron chi connectivity index (χ4n) is 3.29. The van der Waals surface area contributed by atoms with Crippen LogP contribution in [-0.2, 0) is 17.9 Å². The topological polar surface area (TPSA) is 57.8 Å². The number of para-hydroxylation sites is 1. The van der Waals surface area contributed by atoms with Crippen LogP contribution in [0.1, 0.15) is 16.0 Å². The third-order valence-electron chi connectivity index (χ3n) is 4.75. The highest BCUT2D eigenvalue weighted by atomic mass is 32.1. The van der Waals surface area contributed by atoms with Crippen LogP contribution in [-0.4, -0.2) is 10.5 Å². The fraction of sp³-hybridized carbons (Fsp3) is 0.0833. The van der Waals surface area contributed by atoms with Crippen molar-refractivity contribution in [3.05, 3.63) is 99.6 Å². The number of benzene rings is 2. The highest BCUT2D eigenvalue weighted by Gasteiger charge is 2.13. The van der Waals surface area contributed by atoms with Crippen molar-refractivity contribution < 1.29 is 9.18 Å². The molecule has 0 aliphatic carbocycles. The van der Waals surface area contributed by atoms with Crippen molar-refractivity contribution in [2.24, 2.45) is 0 Å². The zero-order chi connectivity index (χ0) is 20.9. The van der Waals surface area contributed by atoms with Crippen molar-refractivity contribution >= 4 is 34.2 Å². The monoisotopic (exact) mass is 415 g/mol. The summed E-state index contributed by atoms with van der Waals surface area (Å²) < 4.78 is 15.2. The summed E-state index contributed by atoms with van der Waals surface area (Å²) >= 11 is 1.55. The van der Waals surface area contributed by atoms with Crippen LogP contribution in [0, 0.1) is 17.1 Å². The average molecular weight is 415 g/mol. The van der Waals surface area contributed by atoms with Gasteiger partial charge in [-0.3, -0.25) is 4.79 Å². The van der Waals surface area contributed by atoms with Gasteiger partial charge in [0.25, 0.3) is 5.91 Å². The number of amides is 1. The van der Waals surface area contributed by atoms with Gasteiger partial charge >= 0.3 is 0 Å². The van der Waals surface area contributed by atoms with E-state index in [1.54, 1.807) is 29.5 Å². The van der Waals surface area contributed by atoms with Gasteiger partial charge in [0.2, 0.25) is 0 Å². The average Bonchev–Trinajstić information content (AvgIpc) is 3.40. The Hall–Kier alpha value is -3.69. The molecule has 1 amide bonds. The quantitative estimate of drug-likeness (QED) is 0.351. The summed E-state index contributed by atoms with van der Waals surface area (Å²) in [6.07, 6.45) is 3.53. The maximum absolute atomic E-state index is 13.2. The van der Waals surface area contributed by atoms with Gasteiger partial charge in [-0.15, -0.1) is 11.3 Å². The molecule has 0 aliphatic heterocycles. The molecule has 0 aliphatic rings. The van der Waals surface area contributed by atoms with Crippen LogP contribution in [0.2, 0.25) is 0 Å². The zero-order valence-corrected chi connectivity index (χ0v) is 16.8. The summed E-state index contributed by atoms with van der Waals surface area (Å²) in [6.45, 7) is 0.947. The molecule has 0 bridgehead atoms. The Labute approximate surface area is 177 Å². The van der Waals surface area contributed by atoms with E-state index in [4.69, 9.17) is 0 Å². The van der Waals surface area contributed by atoms with Crippen LogP contribution < -0.4 is 5.32 Å². The van der Waals surface area contributed by atoms with E-state index in [0.717, 1.165) is 26.9 Å². The van der Waals surface area contributed by atoms with E-state index in [1.807, 2.05) is 58.6 Å². The Morgan fingerprint density at radius 3 is 2.67 bits per heavy atom. The standard InChI is InChI=1S/C24H18FN3OS/c25-20-9-7-17(8-10-20)15-28-16-19(22-5-1-2-6-23(22)28)12-18(13-26)24(29)27-14-21-4-3-11-30-21/h1-12,16H,14-15H2,(H,27,29). The molecule has 0 unspecified atom stereocenters. The number of aromatic nitrogens is 1. The van der Waals surface area contributed by atoms with Gasteiger partial charge in [0.05, 0.1) is 6.54 Å². The molecule has 1 N–H and O–H groups in total. The largest absolute Gasteiger partial charge is 0.347 e. The summed E-state index contributed by atoms with van der Waals surface area (Å²) in [5.74, 6) is -0.673. The number of nitriles is 1. The highest BCUT2D eigenvalue weighted by molar-refractivity contribution is 7.09. The number of hydrogen-bond acceptors (Lipinski definition) is 3. The molecular weight excluding hydrogens is 397 g/mol. The third-order valence-corrected chi connectivity index (χ3v) is 5.63. The molecule has 4 nitrogen and oxygen atoms in total. The maximum Gasteiger partial charge on any atom is 0.262 e. The maximum atomic E-state index is 13.2. The molecule has 2 heterocycles. The molecular formula is C24H18FN3OS. The molecule has 0 saturated heterocycles. The molecule has 30 heavy (non-hydrogen) atoms. The van der Waals surface area contributed by atoms with Gasteiger partial charge < -0.3 is 9.88 Å². The number of thiophene rings is 1. The Bertz CT molecular complexity index is 1250. The Kier molecular flexibility index (Phi) is 5.73.